The third-order valence-corrected chi connectivity index (χ3v) is 2.43. The Morgan fingerprint density at radius 2 is 2.00 bits per heavy atom. The summed E-state index contributed by atoms with van der Waals surface area (Å²) in [5, 5.41) is 0. The number of rotatable bonds is 3. The van der Waals surface area contributed by atoms with Gasteiger partial charge in [-0.05, 0) is 18.2 Å². The number of amides is 1. The Balaban J connectivity index is 1.99. The summed E-state index contributed by atoms with van der Waals surface area (Å²) in [6.07, 6.45) is 0. The van der Waals surface area contributed by atoms with E-state index >= 15 is 0 Å². The second-order valence-electron chi connectivity index (χ2n) is 3.93. The molecule has 0 radical (unpaired) electrons. The van der Waals surface area contributed by atoms with Crippen LogP contribution in [0.15, 0.2) is 18.2 Å². The molecule has 0 unspecified atom stereocenters. The van der Waals surface area contributed by atoms with Crippen LogP contribution >= 0.6 is 0 Å². The fourth-order valence-electron chi connectivity index (χ4n) is 1.36. The molecule has 1 aromatic rings. The van der Waals surface area contributed by atoms with Gasteiger partial charge in [0.2, 0.25) is 6.79 Å². The maximum absolute atomic E-state index is 11.7. The van der Waals surface area contributed by atoms with Gasteiger partial charge in [0.1, 0.15) is 0 Å². The van der Waals surface area contributed by atoms with Gasteiger partial charge in [0.25, 0.3) is 5.91 Å². The van der Waals surface area contributed by atoms with Gasteiger partial charge >= 0.3 is 5.97 Å². The van der Waals surface area contributed by atoms with Crippen molar-refractivity contribution in [2.75, 3.05) is 27.5 Å². The lowest BCUT2D eigenvalue weighted by atomic mass is 10.2. The van der Waals surface area contributed by atoms with E-state index in [0.29, 0.717) is 17.1 Å². The molecule has 96 valence electrons. The molecule has 0 fully saturated rings. The van der Waals surface area contributed by atoms with E-state index in [1.165, 1.54) is 11.0 Å². The molecule has 6 nitrogen and oxygen atoms in total. The van der Waals surface area contributed by atoms with E-state index in [0.717, 1.165) is 0 Å². The number of hydrogen-bond donors (Lipinski definition) is 0. The summed E-state index contributed by atoms with van der Waals surface area (Å²) in [6.45, 7) is -0.132. The summed E-state index contributed by atoms with van der Waals surface area (Å²) < 4.78 is 15.2. The smallest absolute Gasteiger partial charge is 0.338 e. The normalized spacial score (nSPS) is 12.1. The zero-order valence-electron chi connectivity index (χ0n) is 10.1. The average Bonchev–Trinajstić information content (AvgIpc) is 2.82. The van der Waals surface area contributed by atoms with E-state index in [1.807, 2.05) is 0 Å². The maximum atomic E-state index is 11.7. The highest BCUT2D eigenvalue weighted by Crippen LogP contribution is 2.32. The molecule has 1 aliphatic heterocycles. The van der Waals surface area contributed by atoms with Crippen LogP contribution in [0.25, 0.3) is 0 Å². The Hall–Kier alpha value is -2.24. The van der Waals surface area contributed by atoms with Crippen molar-refractivity contribution in [3.8, 4) is 11.5 Å². The van der Waals surface area contributed by atoms with Gasteiger partial charge in [-0.15, -0.1) is 0 Å². The van der Waals surface area contributed by atoms with Crippen LogP contribution in [0.1, 0.15) is 10.4 Å². The minimum Gasteiger partial charge on any atom is -0.454 e. The quantitative estimate of drug-likeness (QED) is 0.738. The van der Waals surface area contributed by atoms with Crippen LogP contribution in [0.2, 0.25) is 0 Å². The van der Waals surface area contributed by atoms with Crippen LogP contribution in [-0.2, 0) is 9.53 Å². The van der Waals surface area contributed by atoms with Gasteiger partial charge in [-0.3, -0.25) is 4.79 Å². The maximum Gasteiger partial charge on any atom is 0.338 e. The zero-order valence-corrected chi connectivity index (χ0v) is 10.1. The monoisotopic (exact) mass is 251 g/mol. The standard InChI is InChI=1S/C12H13NO5/c1-13(2)11(14)6-16-12(15)8-3-4-9-10(5-8)18-7-17-9/h3-5H,6-7H2,1-2H3. The largest absolute Gasteiger partial charge is 0.454 e. The molecule has 0 spiro atoms. The molecule has 0 N–H and O–H groups in total. The number of fused-ring (bicyclic) bond motifs is 1. The van der Waals surface area contributed by atoms with Crippen LogP contribution in [0.3, 0.4) is 0 Å². The number of carbonyl (C=O) groups is 2. The van der Waals surface area contributed by atoms with Crippen LogP contribution < -0.4 is 9.47 Å². The number of likely N-dealkylation sites (N-methyl/N-ethyl adjacent to an activating group) is 1. The Bertz CT molecular complexity index is 483. The highest BCUT2D eigenvalue weighted by molar-refractivity contribution is 5.92. The van der Waals surface area contributed by atoms with Crippen molar-refractivity contribution < 1.29 is 23.8 Å². The van der Waals surface area contributed by atoms with Gasteiger partial charge < -0.3 is 19.1 Å². The van der Waals surface area contributed by atoms with Crippen molar-refractivity contribution in [1.82, 2.24) is 4.90 Å². The molecule has 6 heteroatoms. The summed E-state index contributed by atoms with van der Waals surface area (Å²) >= 11 is 0. The van der Waals surface area contributed by atoms with E-state index in [9.17, 15) is 9.59 Å². The Labute approximate surface area is 104 Å². The number of nitrogens with zero attached hydrogens (tertiary/aromatic N) is 1. The van der Waals surface area contributed by atoms with Gasteiger partial charge in [0, 0.05) is 14.1 Å². The predicted molar refractivity (Wildman–Crippen MR) is 61.5 cm³/mol. The zero-order chi connectivity index (χ0) is 13.1. The fourth-order valence-corrected chi connectivity index (χ4v) is 1.36. The van der Waals surface area contributed by atoms with E-state index < -0.39 is 5.97 Å². The second-order valence-corrected chi connectivity index (χ2v) is 3.93. The van der Waals surface area contributed by atoms with E-state index in [4.69, 9.17) is 14.2 Å². The van der Waals surface area contributed by atoms with Gasteiger partial charge in [0.05, 0.1) is 5.56 Å². The molecule has 0 atom stereocenters. The Morgan fingerprint density at radius 3 is 2.72 bits per heavy atom. The highest BCUT2D eigenvalue weighted by Gasteiger charge is 2.17. The first-order valence-electron chi connectivity index (χ1n) is 5.35. The topological polar surface area (TPSA) is 65.1 Å². The van der Waals surface area contributed by atoms with Crippen molar-refractivity contribution in [1.29, 1.82) is 0 Å². The van der Waals surface area contributed by atoms with E-state index in [1.54, 1.807) is 26.2 Å². The summed E-state index contributed by atoms with van der Waals surface area (Å²) in [5.41, 5.74) is 0.325. The summed E-state index contributed by atoms with van der Waals surface area (Å²) in [7, 11) is 3.19. The molecule has 1 amide bonds. The molecule has 2 rings (SSSR count). The lowest BCUT2D eigenvalue weighted by molar-refractivity contribution is -0.131. The average molecular weight is 251 g/mol. The first-order valence-corrected chi connectivity index (χ1v) is 5.35. The third-order valence-electron chi connectivity index (χ3n) is 2.43. The fraction of sp³-hybridized carbons (Fsp3) is 0.333. The summed E-state index contributed by atoms with van der Waals surface area (Å²) in [6, 6.07) is 4.73. The first-order chi connectivity index (χ1) is 8.58. The number of esters is 1. The van der Waals surface area contributed by atoms with Crippen molar-refractivity contribution in [3.05, 3.63) is 23.8 Å². The molecule has 0 saturated heterocycles. The van der Waals surface area contributed by atoms with Crippen LogP contribution in [0.5, 0.6) is 11.5 Å². The first kappa shape index (κ1) is 12.2. The molecule has 18 heavy (non-hydrogen) atoms. The van der Waals surface area contributed by atoms with Crippen molar-refractivity contribution >= 4 is 11.9 Å². The molecular weight excluding hydrogens is 238 g/mol. The van der Waals surface area contributed by atoms with Gasteiger partial charge in [-0.25, -0.2) is 4.79 Å². The van der Waals surface area contributed by atoms with E-state index in [-0.39, 0.29) is 19.3 Å². The second kappa shape index (κ2) is 4.95. The number of hydrogen-bond acceptors (Lipinski definition) is 5. The molecule has 1 aromatic carbocycles. The SMILES string of the molecule is CN(C)C(=O)COC(=O)c1ccc2c(c1)OCO2. The molecule has 0 aromatic heterocycles. The molecule has 1 aliphatic rings. The Kier molecular flexibility index (Phi) is 3.36. The minimum atomic E-state index is -0.566. The molecule has 0 bridgehead atoms. The van der Waals surface area contributed by atoms with Crippen LogP contribution in [0.4, 0.5) is 0 Å². The van der Waals surface area contributed by atoms with Gasteiger partial charge in [-0.1, -0.05) is 0 Å². The van der Waals surface area contributed by atoms with Crippen molar-refractivity contribution in [3.63, 3.8) is 0 Å². The third kappa shape index (κ3) is 2.53. The molecule has 1 heterocycles. The van der Waals surface area contributed by atoms with Crippen LogP contribution in [-0.4, -0.2) is 44.3 Å². The lowest BCUT2D eigenvalue weighted by Crippen LogP contribution is -2.27. The van der Waals surface area contributed by atoms with Crippen molar-refractivity contribution in [2.45, 2.75) is 0 Å². The number of ether oxygens (including phenoxy) is 3. The number of benzene rings is 1. The number of carbonyl (C=O) groups excluding carboxylic acids is 2. The van der Waals surface area contributed by atoms with Crippen molar-refractivity contribution in [2.24, 2.45) is 0 Å². The molecule has 0 saturated carbocycles. The van der Waals surface area contributed by atoms with E-state index in [2.05, 4.69) is 0 Å². The molecule has 0 aliphatic carbocycles. The predicted octanol–water partition coefficient (Wildman–Crippen LogP) is 0.660. The lowest BCUT2D eigenvalue weighted by Gasteiger charge is -2.10. The van der Waals surface area contributed by atoms with Crippen LogP contribution in [0, 0.1) is 0 Å². The summed E-state index contributed by atoms with van der Waals surface area (Å²) in [4.78, 5) is 24.3. The minimum absolute atomic E-state index is 0.146. The molecular formula is C12H13NO5. The Morgan fingerprint density at radius 1 is 1.28 bits per heavy atom. The highest BCUT2D eigenvalue weighted by atomic mass is 16.7. The van der Waals surface area contributed by atoms with Gasteiger partial charge in [0.15, 0.2) is 18.1 Å². The van der Waals surface area contributed by atoms with Gasteiger partial charge in [-0.2, -0.15) is 0 Å². The summed E-state index contributed by atoms with van der Waals surface area (Å²) in [5.74, 6) is 0.256.